The average molecular weight is 340 g/mol. The third-order valence-corrected chi connectivity index (χ3v) is 3.04. The van der Waals surface area contributed by atoms with Crippen molar-refractivity contribution in [1.82, 2.24) is 0 Å². The summed E-state index contributed by atoms with van der Waals surface area (Å²) in [6, 6.07) is 5.48. The first-order chi connectivity index (χ1) is 11.5. The summed E-state index contributed by atoms with van der Waals surface area (Å²) in [4.78, 5) is 20.9. The molecule has 6 nitrogen and oxygen atoms in total. The lowest BCUT2D eigenvalue weighted by Crippen LogP contribution is -2.06. The molecule has 0 unspecified atom stereocenters. The molecule has 24 heavy (non-hydrogen) atoms. The molecular formula is C18H28O6. The number of hydrogen-bond acceptors (Lipinski definition) is 4. The summed E-state index contributed by atoms with van der Waals surface area (Å²) in [6.07, 6.45) is 4.73. The molecule has 1 rings (SSSR count). The van der Waals surface area contributed by atoms with Crippen molar-refractivity contribution in [3.05, 3.63) is 35.4 Å². The van der Waals surface area contributed by atoms with E-state index in [9.17, 15) is 9.59 Å². The Morgan fingerprint density at radius 3 is 1.46 bits per heavy atom. The number of rotatable bonds is 11. The van der Waals surface area contributed by atoms with E-state index in [0.29, 0.717) is 0 Å². The molecule has 2 N–H and O–H groups in total. The summed E-state index contributed by atoms with van der Waals surface area (Å²) in [5.74, 6) is -2.46. The lowest BCUT2D eigenvalue weighted by Gasteiger charge is -2.03. The van der Waals surface area contributed by atoms with Crippen LogP contribution in [0.5, 0.6) is 0 Å². The van der Waals surface area contributed by atoms with Crippen LogP contribution in [0.2, 0.25) is 0 Å². The second-order valence-corrected chi connectivity index (χ2v) is 5.09. The highest BCUT2D eigenvalue weighted by Gasteiger charge is 2.13. The Morgan fingerprint density at radius 2 is 1.17 bits per heavy atom. The van der Waals surface area contributed by atoms with E-state index in [-0.39, 0.29) is 11.1 Å². The fraction of sp³-hybridized carbons (Fsp3) is 0.556. The first-order valence-electron chi connectivity index (χ1n) is 8.25. The summed E-state index contributed by atoms with van der Waals surface area (Å²) in [7, 11) is 0. The van der Waals surface area contributed by atoms with Crippen LogP contribution in [0.3, 0.4) is 0 Å². The van der Waals surface area contributed by atoms with Gasteiger partial charge in [-0.05, 0) is 25.0 Å². The van der Waals surface area contributed by atoms with Gasteiger partial charge in [0.2, 0.25) is 0 Å². The van der Waals surface area contributed by atoms with Crippen LogP contribution in [-0.2, 0) is 9.47 Å². The minimum absolute atomic E-state index is 0.190. The second-order valence-electron chi connectivity index (χ2n) is 5.09. The molecule has 0 aliphatic carbocycles. The number of hydrogen-bond donors (Lipinski definition) is 2. The number of carbonyl (C=O) groups is 2. The number of benzene rings is 1. The van der Waals surface area contributed by atoms with Gasteiger partial charge in [0.15, 0.2) is 0 Å². The van der Waals surface area contributed by atoms with Crippen LogP contribution in [0.1, 0.15) is 60.2 Å². The summed E-state index contributed by atoms with van der Waals surface area (Å²) < 4.78 is 10.7. The first-order valence-corrected chi connectivity index (χ1v) is 8.25. The van der Waals surface area contributed by atoms with Gasteiger partial charge in [-0.1, -0.05) is 38.8 Å². The molecule has 0 aliphatic heterocycles. The Balaban J connectivity index is 0.000000441. The van der Waals surface area contributed by atoms with Gasteiger partial charge in [0, 0.05) is 13.2 Å². The van der Waals surface area contributed by atoms with Crippen LogP contribution in [0.15, 0.2) is 24.3 Å². The topological polar surface area (TPSA) is 93.1 Å². The van der Waals surface area contributed by atoms with E-state index in [0.717, 1.165) is 39.3 Å². The minimum Gasteiger partial charge on any atom is -0.478 e. The maximum absolute atomic E-state index is 10.5. The van der Waals surface area contributed by atoms with Gasteiger partial charge < -0.3 is 19.7 Å². The van der Waals surface area contributed by atoms with E-state index in [2.05, 4.69) is 13.8 Å². The van der Waals surface area contributed by atoms with E-state index in [1.807, 2.05) is 0 Å². The smallest absolute Gasteiger partial charge is 0.336 e. The summed E-state index contributed by atoms with van der Waals surface area (Å²) in [6.45, 7) is 7.61. The second kappa shape index (κ2) is 14.7. The Bertz CT molecular complexity index is 429. The van der Waals surface area contributed by atoms with Crippen molar-refractivity contribution in [2.24, 2.45) is 0 Å². The van der Waals surface area contributed by atoms with Gasteiger partial charge in [-0.3, -0.25) is 0 Å². The standard InChI is InChI=1S/C10H22O2.C8H6O4/c1-3-5-7-11-9-10-12-8-6-4-2;9-7(10)5-3-1-2-4-6(5)8(11)12/h3-10H2,1-2H3;1-4H,(H,9,10)(H,11,12). The predicted octanol–water partition coefficient (Wildman–Crippen LogP) is 3.70. The highest BCUT2D eigenvalue weighted by atomic mass is 16.5. The fourth-order valence-electron chi connectivity index (χ4n) is 1.67. The molecule has 1 aromatic carbocycles. The van der Waals surface area contributed by atoms with Crippen molar-refractivity contribution >= 4 is 11.9 Å². The van der Waals surface area contributed by atoms with Gasteiger partial charge in [-0.15, -0.1) is 0 Å². The van der Waals surface area contributed by atoms with Crippen molar-refractivity contribution in [1.29, 1.82) is 0 Å². The molecule has 0 amide bonds. The third-order valence-electron chi connectivity index (χ3n) is 3.04. The van der Waals surface area contributed by atoms with E-state index in [4.69, 9.17) is 19.7 Å². The number of carboxylic acids is 2. The van der Waals surface area contributed by atoms with Crippen molar-refractivity contribution in [2.45, 2.75) is 39.5 Å². The molecule has 0 aromatic heterocycles. The van der Waals surface area contributed by atoms with Crippen LogP contribution in [0.4, 0.5) is 0 Å². The average Bonchev–Trinajstić information content (AvgIpc) is 2.58. The number of unbranched alkanes of at least 4 members (excludes halogenated alkanes) is 2. The molecular weight excluding hydrogens is 312 g/mol. The number of ether oxygens (including phenoxy) is 2. The molecule has 0 saturated heterocycles. The van der Waals surface area contributed by atoms with Crippen LogP contribution in [-0.4, -0.2) is 48.6 Å². The molecule has 0 radical (unpaired) electrons. The van der Waals surface area contributed by atoms with Crippen molar-refractivity contribution in [3.63, 3.8) is 0 Å². The van der Waals surface area contributed by atoms with Gasteiger partial charge in [0.1, 0.15) is 0 Å². The van der Waals surface area contributed by atoms with Crippen molar-refractivity contribution < 1.29 is 29.3 Å². The zero-order valence-corrected chi connectivity index (χ0v) is 14.5. The summed E-state index contributed by atoms with van der Waals surface area (Å²) >= 11 is 0. The van der Waals surface area contributed by atoms with Crippen molar-refractivity contribution in [3.8, 4) is 0 Å². The SMILES string of the molecule is CCCCOCCOCCCC.O=C(O)c1ccccc1C(=O)O. The van der Waals surface area contributed by atoms with Crippen molar-refractivity contribution in [2.75, 3.05) is 26.4 Å². The molecule has 136 valence electrons. The zero-order valence-electron chi connectivity index (χ0n) is 14.5. The monoisotopic (exact) mass is 340 g/mol. The summed E-state index contributed by atoms with van der Waals surface area (Å²) in [5.41, 5.74) is -0.380. The molecule has 6 heteroatoms. The highest BCUT2D eigenvalue weighted by Crippen LogP contribution is 2.07. The van der Waals surface area contributed by atoms with Gasteiger partial charge in [0.05, 0.1) is 24.3 Å². The molecule has 0 heterocycles. The maximum Gasteiger partial charge on any atom is 0.336 e. The van der Waals surface area contributed by atoms with E-state index >= 15 is 0 Å². The Kier molecular flexibility index (Phi) is 13.5. The predicted molar refractivity (Wildman–Crippen MR) is 91.8 cm³/mol. The van der Waals surface area contributed by atoms with Gasteiger partial charge in [-0.2, -0.15) is 0 Å². The number of aromatic carboxylic acids is 2. The Labute approximate surface area is 143 Å². The van der Waals surface area contributed by atoms with Crippen LogP contribution in [0.25, 0.3) is 0 Å². The lowest BCUT2D eigenvalue weighted by atomic mass is 10.1. The van der Waals surface area contributed by atoms with Crippen LogP contribution in [0, 0.1) is 0 Å². The Hall–Kier alpha value is -1.92. The molecule has 0 atom stereocenters. The van der Waals surface area contributed by atoms with Gasteiger partial charge >= 0.3 is 11.9 Å². The maximum atomic E-state index is 10.5. The molecule has 1 aromatic rings. The van der Waals surface area contributed by atoms with Crippen LogP contribution < -0.4 is 0 Å². The molecule has 0 fully saturated rings. The largest absolute Gasteiger partial charge is 0.478 e. The highest BCUT2D eigenvalue weighted by molar-refractivity contribution is 6.01. The zero-order chi connectivity index (χ0) is 18.2. The molecule has 0 saturated carbocycles. The minimum atomic E-state index is -1.23. The summed E-state index contributed by atoms with van der Waals surface area (Å²) in [5, 5.41) is 17.1. The number of carboxylic acid groups (broad SMARTS) is 2. The van der Waals surface area contributed by atoms with E-state index < -0.39 is 11.9 Å². The first kappa shape index (κ1) is 22.1. The lowest BCUT2D eigenvalue weighted by molar-refractivity contribution is 0.0457. The van der Waals surface area contributed by atoms with E-state index in [1.165, 1.54) is 37.1 Å². The van der Waals surface area contributed by atoms with Gasteiger partial charge in [0.25, 0.3) is 0 Å². The molecule has 0 spiro atoms. The third kappa shape index (κ3) is 10.7. The van der Waals surface area contributed by atoms with E-state index in [1.54, 1.807) is 0 Å². The quantitative estimate of drug-likeness (QED) is 0.597. The van der Waals surface area contributed by atoms with Gasteiger partial charge in [-0.25, -0.2) is 9.59 Å². The normalized spacial score (nSPS) is 9.92. The Morgan fingerprint density at radius 1 is 0.792 bits per heavy atom. The van der Waals surface area contributed by atoms with Crippen LogP contribution >= 0.6 is 0 Å². The fourth-order valence-corrected chi connectivity index (χ4v) is 1.67. The molecule has 0 bridgehead atoms. The molecule has 0 aliphatic rings.